The average Bonchev–Trinajstić information content (AvgIpc) is 3.31. The van der Waals surface area contributed by atoms with Crippen molar-refractivity contribution in [2.75, 3.05) is 7.11 Å². The zero-order valence-corrected chi connectivity index (χ0v) is 16.9. The highest BCUT2D eigenvalue weighted by Crippen LogP contribution is 2.30. The fourth-order valence-corrected chi connectivity index (χ4v) is 2.90. The molecule has 4 rings (SSSR count). The Morgan fingerprint density at radius 2 is 1.78 bits per heavy atom. The number of aromatic hydroxyl groups is 2. The maximum atomic E-state index is 12.3. The number of carbonyl (C=O) groups excluding carboxylic acids is 1. The van der Waals surface area contributed by atoms with Gasteiger partial charge >= 0.3 is 0 Å². The molecule has 0 aliphatic rings. The van der Waals surface area contributed by atoms with Crippen LogP contribution < -0.4 is 10.2 Å². The first-order valence-electron chi connectivity index (χ1n) is 9.48. The molecule has 9 nitrogen and oxygen atoms in total. The van der Waals surface area contributed by atoms with Crippen molar-refractivity contribution in [3.05, 3.63) is 77.9 Å². The first kappa shape index (κ1) is 20.6. The van der Waals surface area contributed by atoms with Crippen molar-refractivity contribution in [1.82, 2.24) is 15.6 Å². The van der Waals surface area contributed by atoms with Gasteiger partial charge in [0.15, 0.2) is 0 Å². The van der Waals surface area contributed by atoms with E-state index in [4.69, 9.17) is 9.15 Å². The van der Waals surface area contributed by atoms with E-state index in [0.717, 1.165) is 0 Å². The van der Waals surface area contributed by atoms with Gasteiger partial charge in [-0.3, -0.25) is 4.79 Å². The van der Waals surface area contributed by atoms with E-state index in [1.807, 2.05) is 18.2 Å². The Labute approximate surface area is 182 Å². The number of hydrogen-bond acceptors (Lipinski definition) is 8. The van der Waals surface area contributed by atoms with Gasteiger partial charge in [0.1, 0.15) is 17.2 Å². The molecule has 160 valence electrons. The molecular formula is C23H18N4O5. The van der Waals surface area contributed by atoms with E-state index in [-0.39, 0.29) is 17.1 Å². The zero-order valence-electron chi connectivity index (χ0n) is 16.9. The Hall–Kier alpha value is -4.66. The maximum Gasteiger partial charge on any atom is 0.271 e. The van der Waals surface area contributed by atoms with Gasteiger partial charge in [0, 0.05) is 16.7 Å². The number of ether oxygens (including phenoxy) is 1. The van der Waals surface area contributed by atoms with E-state index in [2.05, 4.69) is 20.7 Å². The lowest BCUT2D eigenvalue weighted by molar-refractivity contribution is 0.0955. The lowest BCUT2D eigenvalue weighted by atomic mass is 10.1. The van der Waals surface area contributed by atoms with Crippen LogP contribution in [0.1, 0.15) is 15.9 Å². The summed E-state index contributed by atoms with van der Waals surface area (Å²) in [6.45, 7) is 0. The standard InChI is InChI=1S/C23H18N4O5/c1-31-20-5-3-2-4-18(20)23-27-26-22(32-23)15-8-6-14(7-9-15)21(30)25-24-13-16-12-17(28)10-11-19(16)29/h2-13,28-29H,1H3,(H,25,30)/b24-13+. The summed E-state index contributed by atoms with van der Waals surface area (Å²) >= 11 is 0. The lowest BCUT2D eigenvalue weighted by Crippen LogP contribution is -2.17. The second-order valence-corrected chi connectivity index (χ2v) is 6.63. The fourth-order valence-electron chi connectivity index (χ4n) is 2.90. The minimum Gasteiger partial charge on any atom is -0.508 e. The summed E-state index contributed by atoms with van der Waals surface area (Å²) in [5, 5.41) is 31.1. The molecule has 0 spiro atoms. The van der Waals surface area contributed by atoms with Gasteiger partial charge in [-0.05, 0) is 54.6 Å². The Kier molecular flexibility index (Phi) is 5.80. The predicted molar refractivity (Wildman–Crippen MR) is 117 cm³/mol. The van der Waals surface area contributed by atoms with E-state index >= 15 is 0 Å². The number of nitrogens with one attached hydrogen (secondary N) is 1. The van der Waals surface area contributed by atoms with Gasteiger partial charge in [-0.2, -0.15) is 5.10 Å². The number of nitrogens with zero attached hydrogens (tertiary/aromatic N) is 3. The normalized spacial score (nSPS) is 10.9. The van der Waals surface area contributed by atoms with Gasteiger partial charge in [0.2, 0.25) is 5.89 Å². The molecule has 9 heteroatoms. The van der Waals surface area contributed by atoms with E-state index in [1.165, 1.54) is 24.4 Å². The number of aromatic nitrogens is 2. The molecule has 0 fully saturated rings. The van der Waals surface area contributed by atoms with E-state index in [1.54, 1.807) is 37.4 Å². The summed E-state index contributed by atoms with van der Waals surface area (Å²) in [7, 11) is 1.57. The van der Waals surface area contributed by atoms with E-state index < -0.39 is 5.91 Å². The molecule has 0 radical (unpaired) electrons. The molecule has 0 aliphatic heterocycles. The molecule has 0 bridgehead atoms. The topological polar surface area (TPSA) is 130 Å². The van der Waals surface area contributed by atoms with Gasteiger partial charge in [0.05, 0.1) is 18.9 Å². The van der Waals surface area contributed by atoms with Gasteiger partial charge in [0.25, 0.3) is 11.8 Å². The second-order valence-electron chi connectivity index (χ2n) is 6.63. The number of phenolic OH excluding ortho intramolecular Hbond substituents is 2. The second kappa shape index (κ2) is 9.00. The molecule has 1 heterocycles. The van der Waals surface area contributed by atoms with Gasteiger partial charge in [-0.25, -0.2) is 5.43 Å². The van der Waals surface area contributed by atoms with Crippen LogP contribution in [0.4, 0.5) is 0 Å². The number of benzene rings is 3. The Morgan fingerprint density at radius 1 is 1.03 bits per heavy atom. The third kappa shape index (κ3) is 4.41. The zero-order chi connectivity index (χ0) is 22.5. The average molecular weight is 430 g/mol. The van der Waals surface area contributed by atoms with Crippen LogP contribution in [0.15, 0.2) is 76.2 Å². The van der Waals surface area contributed by atoms with Crippen molar-refractivity contribution in [1.29, 1.82) is 0 Å². The summed E-state index contributed by atoms with van der Waals surface area (Å²) < 4.78 is 11.1. The maximum absolute atomic E-state index is 12.3. The van der Waals surface area contributed by atoms with Crippen molar-refractivity contribution in [3.8, 4) is 40.2 Å². The molecule has 1 amide bonds. The van der Waals surface area contributed by atoms with Crippen molar-refractivity contribution >= 4 is 12.1 Å². The van der Waals surface area contributed by atoms with Crippen LogP contribution in [0.25, 0.3) is 22.9 Å². The highest BCUT2D eigenvalue weighted by Gasteiger charge is 2.14. The first-order valence-corrected chi connectivity index (χ1v) is 9.48. The lowest BCUT2D eigenvalue weighted by Gasteiger charge is -2.03. The molecule has 4 aromatic rings. The Morgan fingerprint density at radius 3 is 2.56 bits per heavy atom. The van der Waals surface area contributed by atoms with Crippen LogP contribution in [0.2, 0.25) is 0 Å². The van der Waals surface area contributed by atoms with Crippen molar-refractivity contribution in [2.45, 2.75) is 0 Å². The number of methoxy groups -OCH3 is 1. The number of carbonyl (C=O) groups is 1. The van der Waals surface area contributed by atoms with Gasteiger partial charge < -0.3 is 19.4 Å². The van der Waals surface area contributed by atoms with E-state index in [9.17, 15) is 15.0 Å². The molecule has 0 atom stereocenters. The Balaban J connectivity index is 1.45. The number of hydrogen-bond donors (Lipinski definition) is 3. The minimum absolute atomic E-state index is 0.0268. The summed E-state index contributed by atoms with van der Waals surface area (Å²) in [6, 6.07) is 17.9. The molecule has 32 heavy (non-hydrogen) atoms. The van der Waals surface area contributed by atoms with Crippen molar-refractivity contribution < 1.29 is 24.2 Å². The highest BCUT2D eigenvalue weighted by atomic mass is 16.5. The number of rotatable bonds is 6. The van der Waals surface area contributed by atoms with Crippen LogP contribution >= 0.6 is 0 Å². The molecule has 1 aromatic heterocycles. The number of phenols is 2. The third-order valence-electron chi connectivity index (χ3n) is 4.54. The predicted octanol–water partition coefficient (Wildman–Crippen LogP) is 3.59. The smallest absolute Gasteiger partial charge is 0.271 e. The van der Waals surface area contributed by atoms with Crippen LogP contribution in [-0.2, 0) is 0 Å². The van der Waals surface area contributed by atoms with Gasteiger partial charge in [-0.15, -0.1) is 10.2 Å². The van der Waals surface area contributed by atoms with Crippen molar-refractivity contribution in [2.24, 2.45) is 5.10 Å². The third-order valence-corrected chi connectivity index (χ3v) is 4.54. The van der Waals surface area contributed by atoms with Crippen LogP contribution in [0.5, 0.6) is 17.2 Å². The molecule has 0 saturated carbocycles. The van der Waals surface area contributed by atoms with Crippen molar-refractivity contribution in [3.63, 3.8) is 0 Å². The van der Waals surface area contributed by atoms with Crippen LogP contribution in [0, 0.1) is 0 Å². The molecule has 3 aromatic carbocycles. The van der Waals surface area contributed by atoms with Gasteiger partial charge in [-0.1, -0.05) is 12.1 Å². The fraction of sp³-hybridized carbons (Fsp3) is 0.0435. The molecule has 3 N–H and O–H groups in total. The quantitative estimate of drug-likeness (QED) is 0.242. The Bertz CT molecular complexity index is 1280. The molecule has 0 aliphatic carbocycles. The highest BCUT2D eigenvalue weighted by molar-refractivity contribution is 5.95. The molecule has 0 unspecified atom stereocenters. The number of para-hydroxylation sites is 1. The van der Waals surface area contributed by atoms with E-state index in [0.29, 0.717) is 34.2 Å². The largest absolute Gasteiger partial charge is 0.508 e. The SMILES string of the molecule is COc1ccccc1-c1nnc(-c2ccc(C(=O)N/N=C/c3cc(O)ccc3O)cc2)o1. The summed E-state index contributed by atoms with van der Waals surface area (Å²) in [6.07, 6.45) is 1.24. The number of hydrazone groups is 1. The van der Waals surface area contributed by atoms with Crippen LogP contribution in [-0.4, -0.2) is 39.6 Å². The minimum atomic E-state index is -0.451. The molecular weight excluding hydrogens is 412 g/mol. The number of amides is 1. The summed E-state index contributed by atoms with van der Waals surface area (Å²) in [5.74, 6) is 0.694. The monoisotopic (exact) mass is 430 g/mol. The molecule has 0 saturated heterocycles. The van der Waals surface area contributed by atoms with Crippen LogP contribution in [0.3, 0.4) is 0 Å². The summed E-state index contributed by atoms with van der Waals surface area (Å²) in [4.78, 5) is 12.3. The summed E-state index contributed by atoms with van der Waals surface area (Å²) in [5.41, 5.74) is 4.31. The first-order chi connectivity index (χ1) is 15.5.